The van der Waals surface area contributed by atoms with Gasteiger partial charge in [0.1, 0.15) is 5.69 Å². The average Bonchev–Trinajstić information content (AvgIpc) is 3.04. The number of rotatable bonds is 6. The maximum atomic E-state index is 14.3. The van der Waals surface area contributed by atoms with Gasteiger partial charge in [-0.3, -0.25) is 0 Å². The molecule has 1 aliphatic heterocycles. The van der Waals surface area contributed by atoms with E-state index in [0.717, 1.165) is 6.20 Å². The number of halogens is 1. The summed E-state index contributed by atoms with van der Waals surface area (Å²) >= 11 is 1.33. The maximum Gasteiger partial charge on any atom is 0.281 e. The van der Waals surface area contributed by atoms with Gasteiger partial charge in [-0.05, 0) is 19.8 Å². The molecule has 2 aromatic heterocycles. The van der Waals surface area contributed by atoms with Crippen molar-refractivity contribution in [1.82, 2.24) is 23.6 Å². The molecule has 1 fully saturated rings. The van der Waals surface area contributed by atoms with E-state index in [1.165, 1.54) is 34.0 Å². The molecule has 9 nitrogen and oxygen atoms in total. The third-order valence-electron chi connectivity index (χ3n) is 4.54. The highest BCUT2D eigenvalue weighted by Crippen LogP contribution is 2.33. The van der Waals surface area contributed by atoms with Gasteiger partial charge in [0.25, 0.3) is 10.2 Å². The van der Waals surface area contributed by atoms with Gasteiger partial charge in [0, 0.05) is 40.3 Å². The molecule has 0 aromatic carbocycles. The van der Waals surface area contributed by atoms with E-state index in [2.05, 4.69) is 25.6 Å². The molecule has 0 atom stereocenters. The Morgan fingerprint density at radius 1 is 1.29 bits per heavy atom. The number of aryl methyl sites for hydroxylation is 1. The molecule has 3 heterocycles. The smallest absolute Gasteiger partial charge is 0.281 e. The number of hydrogen-bond donors (Lipinski definition) is 2. The summed E-state index contributed by atoms with van der Waals surface area (Å²) in [4.78, 5) is 13.4. The summed E-state index contributed by atoms with van der Waals surface area (Å²) in [7, 11) is 1.40. The molecule has 0 spiro atoms. The van der Waals surface area contributed by atoms with Crippen molar-refractivity contribution < 1.29 is 12.8 Å². The van der Waals surface area contributed by atoms with Crippen LogP contribution in [0.1, 0.15) is 18.5 Å². The molecular formula is C16H24FN7O2S2. The Morgan fingerprint density at radius 3 is 2.54 bits per heavy atom. The Kier molecular flexibility index (Phi) is 6.12. The molecule has 1 saturated heterocycles. The second kappa shape index (κ2) is 8.23. The summed E-state index contributed by atoms with van der Waals surface area (Å²) in [6.45, 7) is 2.62. The number of hydrogen-bond acceptors (Lipinski definition) is 8. The summed E-state index contributed by atoms with van der Waals surface area (Å²) in [5, 5.41) is 6.84. The van der Waals surface area contributed by atoms with Gasteiger partial charge in [0.15, 0.2) is 10.9 Å². The Labute approximate surface area is 168 Å². The molecular weight excluding hydrogens is 405 g/mol. The van der Waals surface area contributed by atoms with Gasteiger partial charge in [0.05, 0.1) is 16.8 Å². The highest BCUT2D eigenvalue weighted by Gasteiger charge is 2.29. The number of thiazole rings is 1. The minimum Gasteiger partial charge on any atom is -0.365 e. The van der Waals surface area contributed by atoms with Crippen molar-refractivity contribution >= 4 is 32.6 Å². The summed E-state index contributed by atoms with van der Waals surface area (Å²) in [6.07, 6.45) is 2.38. The zero-order chi connectivity index (χ0) is 20.5. The van der Waals surface area contributed by atoms with Crippen LogP contribution in [0.2, 0.25) is 0 Å². The van der Waals surface area contributed by atoms with Gasteiger partial charge in [-0.25, -0.2) is 19.3 Å². The van der Waals surface area contributed by atoms with Crippen LogP contribution >= 0.6 is 11.3 Å². The van der Waals surface area contributed by atoms with E-state index in [0.29, 0.717) is 47.6 Å². The fourth-order valence-electron chi connectivity index (χ4n) is 2.96. The largest absolute Gasteiger partial charge is 0.365 e. The number of piperidine rings is 1. The van der Waals surface area contributed by atoms with Crippen molar-refractivity contribution in [3.63, 3.8) is 0 Å². The summed E-state index contributed by atoms with van der Waals surface area (Å²) in [6, 6.07) is 0.0161. The van der Waals surface area contributed by atoms with Gasteiger partial charge in [-0.15, -0.1) is 0 Å². The molecule has 0 unspecified atom stereocenters. The first-order valence-electron chi connectivity index (χ1n) is 8.84. The lowest BCUT2D eigenvalue weighted by atomic mass is 10.1. The van der Waals surface area contributed by atoms with Crippen molar-refractivity contribution in [2.45, 2.75) is 25.8 Å². The molecule has 12 heteroatoms. The SMILES string of the molecule is CNc1nc(C)c(-c2nc(NC3CCN(S(=O)(=O)N(C)C)CC3)ncc2F)s1. The summed E-state index contributed by atoms with van der Waals surface area (Å²) < 4.78 is 41.4. The van der Waals surface area contributed by atoms with Gasteiger partial charge in [0.2, 0.25) is 5.95 Å². The molecule has 2 aromatic rings. The highest BCUT2D eigenvalue weighted by molar-refractivity contribution is 7.86. The number of anilines is 2. The maximum absolute atomic E-state index is 14.3. The number of nitrogens with zero attached hydrogens (tertiary/aromatic N) is 5. The monoisotopic (exact) mass is 429 g/mol. The molecule has 0 amide bonds. The van der Waals surface area contributed by atoms with Gasteiger partial charge in [-0.2, -0.15) is 17.0 Å². The van der Waals surface area contributed by atoms with Gasteiger partial charge < -0.3 is 10.6 Å². The van der Waals surface area contributed by atoms with Crippen LogP contribution in [-0.4, -0.2) is 72.3 Å². The van der Waals surface area contributed by atoms with Gasteiger partial charge in [-0.1, -0.05) is 11.3 Å². The summed E-state index contributed by atoms with van der Waals surface area (Å²) in [5.41, 5.74) is 0.904. The Bertz CT molecular complexity index is 940. The van der Waals surface area contributed by atoms with Crippen LogP contribution in [0.15, 0.2) is 6.20 Å². The van der Waals surface area contributed by atoms with Crippen LogP contribution in [0.3, 0.4) is 0 Å². The predicted octanol–water partition coefficient (Wildman–Crippen LogP) is 1.77. The standard InChI is InChI=1S/C16H24FN7O2S2/c1-10-14(27-16(18-2)20-10)13-12(17)9-19-15(22-13)21-11-5-7-24(8-6-11)28(25,26)23(3)4/h9,11H,5-8H2,1-4H3,(H,18,20)(H,19,21,22). The first-order chi connectivity index (χ1) is 13.2. The molecule has 1 aliphatic rings. The molecule has 28 heavy (non-hydrogen) atoms. The van der Waals surface area contributed by atoms with Crippen molar-refractivity contribution in [3.8, 4) is 10.6 Å². The van der Waals surface area contributed by atoms with E-state index in [1.54, 1.807) is 7.05 Å². The topological polar surface area (TPSA) is 103 Å². The zero-order valence-electron chi connectivity index (χ0n) is 16.2. The Hall–Kier alpha value is -1.89. The molecule has 3 rings (SSSR count). The van der Waals surface area contributed by atoms with E-state index in [-0.39, 0.29) is 11.7 Å². The fourth-order valence-corrected chi connectivity index (χ4v) is 5.01. The van der Waals surface area contributed by atoms with Gasteiger partial charge >= 0.3 is 0 Å². The van der Waals surface area contributed by atoms with Crippen LogP contribution < -0.4 is 10.6 Å². The van der Waals surface area contributed by atoms with Crippen molar-refractivity contribution in [2.24, 2.45) is 0 Å². The quantitative estimate of drug-likeness (QED) is 0.721. The molecule has 0 saturated carbocycles. The van der Waals surface area contributed by atoms with Crippen LogP contribution in [0.4, 0.5) is 15.5 Å². The second-order valence-corrected chi connectivity index (χ2v) is 9.82. The van der Waals surface area contributed by atoms with Crippen molar-refractivity contribution in [1.29, 1.82) is 0 Å². The third-order valence-corrected chi connectivity index (χ3v) is 7.67. The van der Waals surface area contributed by atoms with E-state index in [9.17, 15) is 12.8 Å². The Morgan fingerprint density at radius 2 is 1.96 bits per heavy atom. The van der Waals surface area contributed by atoms with Crippen LogP contribution in [0.25, 0.3) is 10.6 Å². The molecule has 0 radical (unpaired) electrons. The normalized spacial score (nSPS) is 16.5. The third kappa shape index (κ3) is 4.24. The van der Waals surface area contributed by atoms with Crippen LogP contribution in [-0.2, 0) is 10.2 Å². The number of aromatic nitrogens is 3. The highest BCUT2D eigenvalue weighted by atomic mass is 32.2. The number of nitrogens with one attached hydrogen (secondary N) is 2. The van der Waals surface area contributed by atoms with E-state index in [1.807, 2.05) is 6.92 Å². The van der Waals surface area contributed by atoms with E-state index in [4.69, 9.17) is 0 Å². The lowest BCUT2D eigenvalue weighted by molar-refractivity contribution is 0.310. The summed E-state index contributed by atoms with van der Waals surface area (Å²) in [5.74, 6) is -0.184. The molecule has 2 N–H and O–H groups in total. The lowest BCUT2D eigenvalue weighted by Gasteiger charge is -2.33. The first-order valence-corrected chi connectivity index (χ1v) is 11.1. The van der Waals surface area contributed by atoms with E-state index < -0.39 is 16.0 Å². The van der Waals surface area contributed by atoms with Crippen molar-refractivity contribution in [3.05, 3.63) is 17.7 Å². The fraction of sp³-hybridized carbons (Fsp3) is 0.562. The zero-order valence-corrected chi connectivity index (χ0v) is 17.9. The molecule has 154 valence electrons. The lowest BCUT2D eigenvalue weighted by Crippen LogP contribution is -2.46. The van der Waals surface area contributed by atoms with Crippen molar-refractivity contribution in [2.75, 3.05) is 44.9 Å². The van der Waals surface area contributed by atoms with Crippen LogP contribution in [0, 0.1) is 12.7 Å². The minimum absolute atomic E-state index is 0.0161. The van der Waals surface area contributed by atoms with E-state index >= 15 is 0 Å². The minimum atomic E-state index is -3.40. The predicted molar refractivity (Wildman–Crippen MR) is 108 cm³/mol. The van der Waals surface area contributed by atoms with Crippen LogP contribution in [0.5, 0.6) is 0 Å². The molecule has 0 bridgehead atoms. The second-order valence-electron chi connectivity index (χ2n) is 6.68. The molecule has 0 aliphatic carbocycles. The average molecular weight is 430 g/mol. The first kappa shape index (κ1) is 20.8. The Balaban J connectivity index is 1.72.